The quantitative estimate of drug-likeness (QED) is 0.659. The highest BCUT2D eigenvalue weighted by Crippen LogP contribution is 2.22. The van der Waals surface area contributed by atoms with Crippen molar-refractivity contribution in [1.82, 2.24) is 15.3 Å². The fourth-order valence-electron chi connectivity index (χ4n) is 2.64. The summed E-state index contributed by atoms with van der Waals surface area (Å²) in [5, 5.41) is 5.02. The predicted octanol–water partition coefficient (Wildman–Crippen LogP) is 1.58. The van der Waals surface area contributed by atoms with E-state index in [0.717, 1.165) is 42.8 Å². The first kappa shape index (κ1) is 14.7. The third-order valence-corrected chi connectivity index (χ3v) is 3.99. The largest absolute Gasteiger partial charge is 0.497 e. The fraction of sp³-hybridized carbons (Fsp3) is 0.375. The van der Waals surface area contributed by atoms with Crippen LogP contribution in [0.15, 0.2) is 36.7 Å². The molecule has 1 aromatic carbocycles. The summed E-state index contributed by atoms with van der Waals surface area (Å²) in [6.45, 7) is 1.98. The zero-order valence-electron chi connectivity index (χ0n) is 12.7. The third-order valence-electron chi connectivity index (χ3n) is 3.99. The summed E-state index contributed by atoms with van der Waals surface area (Å²) in [5.74, 6) is 7.57. The highest BCUT2D eigenvalue weighted by Gasteiger charge is 2.20. The Kier molecular flexibility index (Phi) is 4.50. The number of piperidine rings is 1. The van der Waals surface area contributed by atoms with Gasteiger partial charge in [0.1, 0.15) is 5.75 Å². The molecule has 0 amide bonds. The number of nitrogens with zero attached hydrogens (tertiary/aromatic N) is 3. The van der Waals surface area contributed by atoms with Crippen molar-refractivity contribution in [2.45, 2.75) is 18.9 Å². The molecule has 1 aliphatic rings. The van der Waals surface area contributed by atoms with Crippen molar-refractivity contribution >= 4 is 5.95 Å². The van der Waals surface area contributed by atoms with Gasteiger partial charge < -0.3 is 10.1 Å². The van der Waals surface area contributed by atoms with E-state index in [1.54, 1.807) is 12.1 Å². The van der Waals surface area contributed by atoms with Crippen molar-refractivity contribution in [3.63, 3.8) is 0 Å². The molecule has 2 aromatic rings. The molecule has 3 rings (SSSR count). The number of hydrazine groups is 1. The molecule has 1 aliphatic heterocycles. The highest BCUT2D eigenvalue weighted by molar-refractivity contribution is 5.62. The summed E-state index contributed by atoms with van der Waals surface area (Å²) in [4.78, 5) is 8.82. The first-order valence-electron chi connectivity index (χ1n) is 7.49. The van der Waals surface area contributed by atoms with Crippen molar-refractivity contribution in [3.05, 3.63) is 36.7 Å². The Morgan fingerprint density at radius 2 is 1.73 bits per heavy atom. The minimum Gasteiger partial charge on any atom is -0.497 e. The molecular weight excluding hydrogens is 278 g/mol. The van der Waals surface area contributed by atoms with Gasteiger partial charge in [0, 0.05) is 18.0 Å². The van der Waals surface area contributed by atoms with Crippen molar-refractivity contribution < 1.29 is 4.74 Å². The lowest BCUT2D eigenvalue weighted by molar-refractivity contribution is 0.415. The summed E-state index contributed by atoms with van der Waals surface area (Å²) in [7, 11) is 1.66. The van der Waals surface area contributed by atoms with E-state index in [0.29, 0.717) is 12.0 Å². The minimum atomic E-state index is 0.299. The highest BCUT2D eigenvalue weighted by atomic mass is 16.5. The second-order valence-corrected chi connectivity index (χ2v) is 5.39. The number of hydrogen-bond acceptors (Lipinski definition) is 6. The van der Waals surface area contributed by atoms with Crippen LogP contribution in [0.3, 0.4) is 0 Å². The number of aromatic nitrogens is 2. The molecule has 0 bridgehead atoms. The van der Waals surface area contributed by atoms with Crippen LogP contribution in [0.2, 0.25) is 0 Å². The van der Waals surface area contributed by atoms with Crippen LogP contribution < -0.4 is 20.9 Å². The van der Waals surface area contributed by atoms with Crippen LogP contribution in [0.1, 0.15) is 12.8 Å². The van der Waals surface area contributed by atoms with Gasteiger partial charge in [0.25, 0.3) is 0 Å². The van der Waals surface area contributed by atoms with Gasteiger partial charge in [0.05, 0.1) is 13.2 Å². The van der Waals surface area contributed by atoms with Gasteiger partial charge in [-0.1, -0.05) is 12.1 Å². The van der Waals surface area contributed by atoms with Crippen LogP contribution in [-0.2, 0) is 0 Å². The van der Waals surface area contributed by atoms with Crippen LogP contribution in [0.25, 0.3) is 11.1 Å². The van der Waals surface area contributed by atoms with Gasteiger partial charge in [0.2, 0.25) is 5.95 Å². The molecule has 0 atom stereocenters. The zero-order valence-corrected chi connectivity index (χ0v) is 12.7. The first-order chi connectivity index (χ1) is 10.8. The average molecular weight is 299 g/mol. The normalized spacial score (nSPS) is 15.5. The number of hydrogen-bond donors (Lipinski definition) is 2. The van der Waals surface area contributed by atoms with Crippen molar-refractivity contribution in [3.8, 4) is 16.9 Å². The predicted molar refractivity (Wildman–Crippen MR) is 86.6 cm³/mol. The standard InChI is InChI=1S/C16H21N5O/c1-22-15-4-2-12(3-5-15)13-10-19-16(20-11-13)21(17)14-6-8-18-9-7-14/h2-5,10-11,14,18H,6-9,17H2,1H3. The minimum absolute atomic E-state index is 0.299. The second-order valence-electron chi connectivity index (χ2n) is 5.39. The number of anilines is 1. The average Bonchev–Trinajstić information content (AvgIpc) is 2.62. The van der Waals surface area contributed by atoms with E-state index in [1.807, 2.05) is 36.7 Å². The molecule has 116 valence electrons. The number of benzene rings is 1. The third kappa shape index (κ3) is 3.18. The van der Waals surface area contributed by atoms with Crippen LogP contribution >= 0.6 is 0 Å². The maximum absolute atomic E-state index is 6.16. The summed E-state index contributed by atoms with van der Waals surface area (Å²) in [6.07, 6.45) is 5.65. The van der Waals surface area contributed by atoms with Gasteiger partial charge in [-0.3, -0.25) is 5.01 Å². The first-order valence-corrected chi connectivity index (χ1v) is 7.49. The summed E-state index contributed by atoms with van der Waals surface area (Å²) in [6, 6.07) is 8.13. The molecule has 1 aromatic heterocycles. The fourth-order valence-corrected chi connectivity index (χ4v) is 2.64. The van der Waals surface area contributed by atoms with Crippen LogP contribution in [0.4, 0.5) is 5.95 Å². The molecule has 6 nitrogen and oxygen atoms in total. The number of nitrogens with two attached hydrogens (primary N) is 1. The van der Waals surface area contributed by atoms with E-state index >= 15 is 0 Å². The molecule has 0 radical (unpaired) electrons. The summed E-state index contributed by atoms with van der Waals surface area (Å²) < 4.78 is 5.16. The van der Waals surface area contributed by atoms with Gasteiger partial charge in [0.15, 0.2) is 0 Å². The van der Waals surface area contributed by atoms with Crippen LogP contribution in [0, 0.1) is 0 Å². The molecule has 3 N–H and O–H groups in total. The van der Waals surface area contributed by atoms with E-state index in [2.05, 4.69) is 15.3 Å². The Balaban J connectivity index is 1.73. The Hall–Kier alpha value is -2.18. The molecule has 0 unspecified atom stereocenters. The van der Waals surface area contributed by atoms with Crippen molar-refractivity contribution in [2.75, 3.05) is 25.2 Å². The maximum atomic E-state index is 6.16. The van der Waals surface area contributed by atoms with E-state index in [4.69, 9.17) is 10.6 Å². The second kappa shape index (κ2) is 6.72. The van der Waals surface area contributed by atoms with Gasteiger partial charge in [-0.2, -0.15) is 0 Å². The zero-order chi connectivity index (χ0) is 15.4. The smallest absolute Gasteiger partial charge is 0.240 e. The lowest BCUT2D eigenvalue weighted by Gasteiger charge is -2.30. The lowest BCUT2D eigenvalue weighted by Crippen LogP contribution is -2.47. The summed E-state index contributed by atoms with van der Waals surface area (Å²) >= 11 is 0. The van der Waals surface area contributed by atoms with Crippen LogP contribution in [-0.4, -0.2) is 36.2 Å². The molecule has 0 aliphatic carbocycles. The maximum Gasteiger partial charge on any atom is 0.240 e. The van der Waals surface area contributed by atoms with Gasteiger partial charge in [-0.05, 0) is 43.6 Å². The van der Waals surface area contributed by atoms with Gasteiger partial charge >= 0.3 is 0 Å². The number of methoxy groups -OCH3 is 1. The van der Waals surface area contributed by atoms with Gasteiger partial charge in [-0.25, -0.2) is 15.8 Å². The topological polar surface area (TPSA) is 76.3 Å². The summed E-state index contributed by atoms with van der Waals surface area (Å²) in [5.41, 5.74) is 2.02. The molecular formula is C16H21N5O. The number of rotatable bonds is 4. The van der Waals surface area contributed by atoms with Crippen LogP contribution in [0.5, 0.6) is 5.75 Å². The van der Waals surface area contributed by atoms with E-state index < -0.39 is 0 Å². The molecule has 0 spiro atoms. The Morgan fingerprint density at radius 1 is 1.09 bits per heavy atom. The van der Waals surface area contributed by atoms with Crippen molar-refractivity contribution in [2.24, 2.45) is 5.84 Å². The van der Waals surface area contributed by atoms with Crippen molar-refractivity contribution in [1.29, 1.82) is 0 Å². The number of ether oxygens (including phenoxy) is 1. The Bertz CT molecular complexity index is 593. The molecule has 1 fully saturated rings. The lowest BCUT2D eigenvalue weighted by atomic mass is 10.1. The molecule has 2 heterocycles. The Morgan fingerprint density at radius 3 is 2.32 bits per heavy atom. The molecule has 22 heavy (non-hydrogen) atoms. The van der Waals surface area contributed by atoms with E-state index in [9.17, 15) is 0 Å². The molecule has 0 saturated carbocycles. The SMILES string of the molecule is COc1ccc(-c2cnc(N(N)C3CCNCC3)nc2)cc1. The number of nitrogens with one attached hydrogen (secondary N) is 1. The Labute approximate surface area is 130 Å². The van der Waals surface area contributed by atoms with E-state index in [-0.39, 0.29) is 0 Å². The van der Waals surface area contributed by atoms with E-state index in [1.165, 1.54) is 0 Å². The molecule has 1 saturated heterocycles. The molecule has 6 heteroatoms. The van der Waals surface area contributed by atoms with Gasteiger partial charge in [-0.15, -0.1) is 0 Å². The monoisotopic (exact) mass is 299 g/mol.